The molecule has 0 fully saturated rings. The van der Waals surface area contributed by atoms with Crippen molar-refractivity contribution in [3.63, 3.8) is 0 Å². The van der Waals surface area contributed by atoms with Gasteiger partial charge in [-0.3, -0.25) is 0 Å². The zero-order valence-electron chi connectivity index (χ0n) is 20.3. The van der Waals surface area contributed by atoms with Gasteiger partial charge in [-0.1, -0.05) is 64.1 Å². The maximum Gasteiger partial charge on any atom is 0.446 e. The molecule has 0 aliphatic carbocycles. The smallest absolute Gasteiger partial charge is 0.446 e. The molecule has 0 saturated heterocycles. The van der Waals surface area contributed by atoms with Crippen molar-refractivity contribution in [3.05, 3.63) is 89.5 Å². The molecule has 3 aromatic rings. The summed E-state index contributed by atoms with van der Waals surface area (Å²) in [5.41, 5.74) is -1.70. The van der Waals surface area contributed by atoms with Crippen molar-refractivity contribution in [2.24, 2.45) is 5.92 Å². The number of hydrogen-bond acceptors (Lipinski definition) is 4. The number of hydrogen-bond donors (Lipinski definition) is 2. The van der Waals surface area contributed by atoms with E-state index in [-0.39, 0.29) is 22.6 Å². The third kappa shape index (κ3) is 8.30. The van der Waals surface area contributed by atoms with Crippen LogP contribution in [-0.2, 0) is 0 Å². The van der Waals surface area contributed by atoms with Crippen LogP contribution in [-0.4, -0.2) is 23.3 Å². The van der Waals surface area contributed by atoms with Crippen LogP contribution in [0.25, 0.3) is 0 Å². The second-order valence-electron chi connectivity index (χ2n) is 9.17. The van der Waals surface area contributed by atoms with Crippen LogP contribution in [0.2, 0.25) is 0 Å². The maximum atomic E-state index is 13.0. The van der Waals surface area contributed by atoms with Crippen LogP contribution in [0.4, 0.5) is 13.2 Å². The van der Waals surface area contributed by atoms with Gasteiger partial charge in [-0.2, -0.15) is 13.2 Å². The van der Waals surface area contributed by atoms with E-state index < -0.39 is 17.7 Å². The van der Waals surface area contributed by atoms with Gasteiger partial charge < -0.3 is 15.2 Å². The molecule has 3 aromatic carbocycles. The lowest BCUT2D eigenvalue weighted by Crippen LogP contribution is -2.33. The van der Waals surface area contributed by atoms with Gasteiger partial charge in [0.15, 0.2) is 0 Å². The number of halogens is 3. The predicted octanol–water partition coefficient (Wildman–Crippen LogP) is 7.91. The zero-order chi connectivity index (χ0) is 25.6. The molecule has 2 unspecified atom stereocenters. The van der Waals surface area contributed by atoms with Crippen LogP contribution in [0.5, 0.6) is 11.5 Å². The van der Waals surface area contributed by atoms with Crippen LogP contribution in [0.3, 0.4) is 0 Å². The average Bonchev–Trinajstić information content (AvgIpc) is 2.78. The largest absolute Gasteiger partial charge is 0.457 e. The minimum absolute atomic E-state index is 0.0400. The summed E-state index contributed by atoms with van der Waals surface area (Å²) in [4.78, 5) is 0.115. The Morgan fingerprint density at radius 2 is 1.37 bits per heavy atom. The van der Waals surface area contributed by atoms with Crippen LogP contribution in [0, 0.1) is 5.92 Å². The molecule has 0 saturated carbocycles. The van der Waals surface area contributed by atoms with E-state index in [1.54, 1.807) is 12.1 Å². The summed E-state index contributed by atoms with van der Waals surface area (Å²) in [6.07, 6.45) is -0.594. The van der Waals surface area contributed by atoms with Gasteiger partial charge in [0.05, 0.1) is 12.1 Å². The van der Waals surface area contributed by atoms with Crippen LogP contribution in [0.1, 0.15) is 56.3 Å². The highest BCUT2D eigenvalue weighted by molar-refractivity contribution is 8.00. The van der Waals surface area contributed by atoms with Crippen molar-refractivity contribution in [2.75, 3.05) is 6.54 Å². The maximum absolute atomic E-state index is 13.0. The van der Waals surface area contributed by atoms with Crippen LogP contribution in [0.15, 0.2) is 77.7 Å². The Labute approximate surface area is 209 Å². The Morgan fingerprint density at radius 3 is 1.94 bits per heavy atom. The van der Waals surface area contributed by atoms with Crippen molar-refractivity contribution in [2.45, 2.75) is 56.2 Å². The summed E-state index contributed by atoms with van der Waals surface area (Å²) in [6, 6.07) is 21.4. The Hall–Kier alpha value is -2.48. The van der Waals surface area contributed by atoms with E-state index in [1.165, 1.54) is 17.7 Å². The molecule has 7 heteroatoms. The number of alkyl halides is 3. The molecule has 0 heterocycles. The van der Waals surface area contributed by atoms with Gasteiger partial charge in [-0.25, -0.2) is 0 Å². The molecule has 0 aliphatic rings. The summed E-state index contributed by atoms with van der Waals surface area (Å²) in [5.74, 6) is 1.75. The summed E-state index contributed by atoms with van der Waals surface area (Å²) < 4.78 is 45.0. The second kappa shape index (κ2) is 12.0. The highest BCUT2D eigenvalue weighted by atomic mass is 32.2. The topological polar surface area (TPSA) is 41.5 Å². The highest BCUT2D eigenvalue weighted by Crippen LogP contribution is 2.38. The number of benzene rings is 3. The quantitative estimate of drug-likeness (QED) is 0.276. The minimum atomic E-state index is -4.37. The molecule has 2 N–H and O–H groups in total. The Kier molecular flexibility index (Phi) is 9.27. The van der Waals surface area contributed by atoms with E-state index in [9.17, 15) is 18.3 Å². The lowest BCUT2D eigenvalue weighted by molar-refractivity contribution is -0.0328. The average molecular weight is 504 g/mol. The molecule has 3 rings (SSSR count). The number of rotatable bonds is 10. The van der Waals surface area contributed by atoms with Crippen molar-refractivity contribution in [1.29, 1.82) is 0 Å². The fourth-order valence-corrected chi connectivity index (χ4v) is 4.23. The normalized spacial score (nSPS) is 13.8. The van der Waals surface area contributed by atoms with E-state index in [1.807, 2.05) is 56.3 Å². The Balaban J connectivity index is 1.92. The first-order valence-corrected chi connectivity index (χ1v) is 12.5. The molecule has 2 atom stereocenters. The lowest BCUT2D eigenvalue weighted by atomic mass is 9.97. The van der Waals surface area contributed by atoms with E-state index in [2.05, 4.69) is 25.2 Å². The summed E-state index contributed by atoms with van der Waals surface area (Å²) in [6.45, 7) is 8.36. The van der Waals surface area contributed by atoms with Crippen molar-refractivity contribution >= 4 is 11.8 Å². The molecule has 0 aromatic heterocycles. The van der Waals surface area contributed by atoms with E-state index in [0.29, 0.717) is 23.8 Å². The predicted molar refractivity (Wildman–Crippen MR) is 136 cm³/mol. The first-order valence-electron chi connectivity index (χ1n) is 11.7. The fourth-order valence-electron chi connectivity index (χ4n) is 3.62. The molecule has 35 heavy (non-hydrogen) atoms. The third-order valence-corrected chi connectivity index (χ3v) is 6.40. The van der Waals surface area contributed by atoms with Crippen LogP contribution < -0.4 is 10.1 Å². The molecule has 188 valence electrons. The molecule has 0 bridgehead atoms. The molecule has 0 aliphatic heterocycles. The number of aliphatic hydroxyl groups excluding tert-OH is 1. The standard InChI is InChI=1S/C28H32F3NO2S/c1-18(2)20-8-5-11-23(14-20)34-24-12-6-9-21(15-24)27(32-17-26(33)19(3)4)22-10-7-13-25(16-22)35-28(29,30)31/h5-16,18-19,26-27,32-33H,17H2,1-4H3. The molecular formula is C28H32F3NO2S. The minimum Gasteiger partial charge on any atom is -0.457 e. The molecule has 0 spiro atoms. The monoisotopic (exact) mass is 503 g/mol. The first-order chi connectivity index (χ1) is 16.5. The summed E-state index contributed by atoms with van der Waals surface area (Å²) >= 11 is -0.137. The van der Waals surface area contributed by atoms with Gasteiger partial charge in [0, 0.05) is 11.4 Å². The molecular weight excluding hydrogens is 471 g/mol. The lowest BCUT2D eigenvalue weighted by Gasteiger charge is -2.24. The zero-order valence-corrected chi connectivity index (χ0v) is 21.2. The SMILES string of the molecule is CC(C)c1cccc(Oc2cccc(C(NCC(O)C(C)C)c3cccc(SC(F)(F)F)c3)c2)c1. The van der Waals surface area contributed by atoms with Gasteiger partial charge in [-0.05, 0) is 76.7 Å². The number of aliphatic hydroxyl groups is 1. The van der Waals surface area contributed by atoms with Gasteiger partial charge in [0.2, 0.25) is 0 Å². The fraction of sp³-hybridized carbons (Fsp3) is 0.357. The summed E-state index contributed by atoms with van der Waals surface area (Å²) in [7, 11) is 0. The van der Waals surface area contributed by atoms with Gasteiger partial charge >= 0.3 is 5.51 Å². The second-order valence-corrected chi connectivity index (χ2v) is 10.3. The van der Waals surface area contributed by atoms with Crippen molar-refractivity contribution in [1.82, 2.24) is 5.32 Å². The molecule has 3 nitrogen and oxygen atoms in total. The number of nitrogens with one attached hydrogen (secondary N) is 1. The van der Waals surface area contributed by atoms with Gasteiger partial charge in [0.1, 0.15) is 11.5 Å². The first kappa shape index (κ1) is 27.1. The van der Waals surface area contributed by atoms with E-state index in [4.69, 9.17) is 4.74 Å². The van der Waals surface area contributed by atoms with Crippen molar-refractivity contribution < 1.29 is 23.0 Å². The highest BCUT2D eigenvalue weighted by Gasteiger charge is 2.29. The summed E-state index contributed by atoms with van der Waals surface area (Å²) in [5, 5.41) is 13.7. The van der Waals surface area contributed by atoms with E-state index in [0.717, 1.165) is 11.3 Å². The molecule has 0 amide bonds. The van der Waals surface area contributed by atoms with Crippen LogP contribution >= 0.6 is 11.8 Å². The number of ether oxygens (including phenoxy) is 1. The van der Waals surface area contributed by atoms with Gasteiger partial charge in [0.25, 0.3) is 0 Å². The number of thioether (sulfide) groups is 1. The van der Waals surface area contributed by atoms with E-state index >= 15 is 0 Å². The third-order valence-electron chi connectivity index (χ3n) is 5.68. The Morgan fingerprint density at radius 1 is 0.829 bits per heavy atom. The van der Waals surface area contributed by atoms with Crippen molar-refractivity contribution in [3.8, 4) is 11.5 Å². The Bertz CT molecular complexity index is 1100. The molecule has 0 radical (unpaired) electrons. The van der Waals surface area contributed by atoms with Gasteiger partial charge in [-0.15, -0.1) is 0 Å².